The van der Waals surface area contributed by atoms with Crippen LogP contribution < -0.4 is 0 Å². The molecule has 0 aromatic carbocycles. The van der Waals surface area contributed by atoms with Crippen LogP contribution in [0.15, 0.2) is 21.7 Å². The summed E-state index contributed by atoms with van der Waals surface area (Å²) in [6.45, 7) is 0. The lowest BCUT2D eigenvalue weighted by molar-refractivity contribution is 0.474. The molecule has 0 aliphatic rings. The van der Waals surface area contributed by atoms with E-state index in [-0.39, 0.29) is 5.75 Å². The number of aromatic nitrogens is 1. The third-order valence-corrected chi connectivity index (χ3v) is 1.66. The maximum atomic E-state index is 9.38. The molecule has 1 aromatic rings. The standard InChI is InChI=1S/C8H10BrN3O/c1-12(2)5-11-8-7(13)3-6(9)4-10-8/h3-5,13H,1-2H3. The highest BCUT2D eigenvalue weighted by molar-refractivity contribution is 9.10. The summed E-state index contributed by atoms with van der Waals surface area (Å²) in [7, 11) is 3.69. The molecule has 0 aliphatic heterocycles. The van der Waals surface area contributed by atoms with Gasteiger partial charge in [-0.25, -0.2) is 9.98 Å². The van der Waals surface area contributed by atoms with Crippen LogP contribution in [0.4, 0.5) is 5.82 Å². The highest BCUT2D eigenvalue weighted by Crippen LogP contribution is 2.25. The third kappa shape index (κ3) is 3.02. The van der Waals surface area contributed by atoms with Crippen LogP contribution in [0.2, 0.25) is 0 Å². The zero-order valence-electron chi connectivity index (χ0n) is 7.40. The first-order chi connectivity index (χ1) is 6.09. The maximum Gasteiger partial charge on any atom is 0.196 e. The van der Waals surface area contributed by atoms with Crippen molar-refractivity contribution in [3.05, 3.63) is 16.7 Å². The first-order valence-electron chi connectivity index (χ1n) is 3.64. The topological polar surface area (TPSA) is 48.7 Å². The average molecular weight is 244 g/mol. The number of hydrogen-bond donors (Lipinski definition) is 1. The van der Waals surface area contributed by atoms with Crippen LogP contribution in [0, 0.1) is 0 Å². The van der Waals surface area contributed by atoms with Crippen molar-refractivity contribution in [1.29, 1.82) is 0 Å². The van der Waals surface area contributed by atoms with Crippen LogP contribution in [-0.4, -0.2) is 35.4 Å². The zero-order valence-corrected chi connectivity index (χ0v) is 8.98. The summed E-state index contributed by atoms with van der Waals surface area (Å²) in [6.07, 6.45) is 3.16. The Balaban J connectivity index is 2.90. The van der Waals surface area contributed by atoms with Crippen LogP contribution >= 0.6 is 15.9 Å². The van der Waals surface area contributed by atoms with Crippen LogP contribution in [0.1, 0.15) is 0 Å². The fourth-order valence-electron chi connectivity index (χ4n) is 0.691. The van der Waals surface area contributed by atoms with Crippen molar-refractivity contribution in [3.8, 4) is 5.75 Å². The summed E-state index contributed by atoms with van der Waals surface area (Å²) in [6, 6.07) is 1.55. The fourth-order valence-corrected chi connectivity index (χ4v) is 1.01. The minimum Gasteiger partial charge on any atom is -0.504 e. The normalized spacial score (nSPS) is 10.7. The molecule has 1 rings (SSSR count). The van der Waals surface area contributed by atoms with Gasteiger partial charge in [0.1, 0.15) is 0 Å². The minimum absolute atomic E-state index is 0.0625. The number of aromatic hydroxyl groups is 1. The predicted molar refractivity (Wildman–Crippen MR) is 55.4 cm³/mol. The SMILES string of the molecule is CN(C)C=Nc1ncc(Br)cc1O. The summed E-state index contributed by atoms with van der Waals surface area (Å²) in [5.74, 6) is 0.379. The maximum absolute atomic E-state index is 9.38. The minimum atomic E-state index is 0.0625. The van der Waals surface area contributed by atoms with E-state index in [9.17, 15) is 5.11 Å². The molecule has 0 radical (unpaired) electrons. The number of pyridine rings is 1. The van der Waals surface area contributed by atoms with Gasteiger partial charge in [-0.2, -0.15) is 0 Å². The van der Waals surface area contributed by atoms with E-state index in [0.29, 0.717) is 5.82 Å². The van der Waals surface area contributed by atoms with Crippen molar-refractivity contribution in [2.75, 3.05) is 14.1 Å². The van der Waals surface area contributed by atoms with E-state index in [2.05, 4.69) is 25.9 Å². The molecule has 4 nitrogen and oxygen atoms in total. The lowest BCUT2D eigenvalue weighted by Gasteiger charge is -2.02. The van der Waals surface area contributed by atoms with Gasteiger partial charge < -0.3 is 10.0 Å². The molecule has 70 valence electrons. The Kier molecular flexibility index (Phi) is 3.25. The first kappa shape index (κ1) is 9.98. The molecule has 0 fully saturated rings. The molecule has 1 heterocycles. The van der Waals surface area contributed by atoms with Crippen LogP contribution in [0.5, 0.6) is 5.75 Å². The van der Waals surface area contributed by atoms with Crippen LogP contribution in [0.25, 0.3) is 0 Å². The van der Waals surface area contributed by atoms with Crippen molar-refractivity contribution < 1.29 is 5.11 Å². The van der Waals surface area contributed by atoms with Gasteiger partial charge in [0.05, 0.1) is 6.34 Å². The largest absolute Gasteiger partial charge is 0.504 e. The van der Waals surface area contributed by atoms with Gasteiger partial charge >= 0.3 is 0 Å². The summed E-state index contributed by atoms with van der Waals surface area (Å²) >= 11 is 3.19. The molecule has 0 saturated heterocycles. The van der Waals surface area contributed by atoms with Crippen molar-refractivity contribution >= 4 is 28.1 Å². The second-order valence-electron chi connectivity index (χ2n) is 2.70. The molecule has 0 aliphatic carbocycles. The molecular weight excluding hydrogens is 234 g/mol. The van der Waals surface area contributed by atoms with E-state index in [4.69, 9.17) is 0 Å². The van der Waals surface area contributed by atoms with E-state index in [1.54, 1.807) is 23.5 Å². The van der Waals surface area contributed by atoms with Gasteiger partial charge in [-0.05, 0) is 22.0 Å². The van der Waals surface area contributed by atoms with E-state index < -0.39 is 0 Å². The second-order valence-corrected chi connectivity index (χ2v) is 3.62. The third-order valence-electron chi connectivity index (χ3n) is 1.22. The van der Waals surface area contributed by atoms with Crippen molar-refractivity contribution in [2.24, 2.45) is 4.99 Å². The van der Waals surface area contributed by atoms with E-state index in [1.165, 1.54) is 0 Å². The summed E-state index contributed by atoms with van der Waals surface area (Å²) in [5.41, 5.74) is 0. The van der Waals surface area contributed by atoms with Crippen molar-refractivity contribution in [1.82, 2.24) is 9.88 Å². The Morgan fingerprint density at radius 2 is 2.31 bits per heavy atom. The van der Waals surface area contributed by atoms with Crippen LogP contribution in [-0.2, 0) is 0 Å². The molecule has 0 spiro atoms. The van der Waals surface area contributed by atoms with Gasteiger partial charge in [0.15, 0.2) is 11.6 Å². The molecule has 1 aromatic heterocycles. The molecule has 5 heteroatoms. The number of rotatable bonds is 2. The van der Waals surface area contributed by atoms with Gasteiger partial charge in [-0.1, -0.05) is 0 Å². The number of nitrogens with zero attached hydrogens (tertiary/aromatic N) is 3. The Morgan fingerprint density at radius 3 is 2.85 bits per heavy atom. The average Bonchev–Trinajstić information content (AvgIpc) is 2.02. The fraction of sp³-hybridized carbons (Fsp3) is 0.250. The molecule has 13 heavy (non-hydrogen) atoms. The van der Waals surface area contributed by atoms with Crippen LogP contribution in [0.3, 0.4) is 0 Å². The highest BCUT2D eigenvalue weighted by atomic mass is 79.9. The number of aliphatic imine (C=N–C) groups is 1. The van der Waals surface area contributed by atoms with Gasteiger partial charge in [0, 0.05) is 24.8 Å². The Morgan fingerprint density at radius 1 is 1.62 bits per heavy atom. The van der Waals surface area contributed by atoms with Crippen molar-refractivity contribution in [2.45, 2.75) is 0 Å². The molecular formula is C8H10BrN3O. The highest BCUT2D eigenvalue weighted by Gasteiger charge is 1.99. The second kappa shape index (κ2) is 4.23. The Labute approximate surface area is 85.1 Å². The van der Waals surface area contributed by atoms with Gasteiger partial charge in [0.25, 0.3) is 0 Å². The van der Waals surface area contributed by atoms with Crippen molar-refractivity contribution in [3.63, 3.8) is 0 Å². The van der Waals surface area contributed by atoms with Gasteiger partial charge in [-0.15, -0.1) is 0 Å². The number of halogens is 1. The molecule has 0 bridgehead atoms. The monoisotopic (exact) mass is 243 g/mol. The van der Waals surface area contributed by atoms with Gasteiger partial charge in [-0.3, -0.25) is 0 Å². The van der Waals surface area contributed by atoms with E-state index >= 15 is 0 Å². The first-order valence-corrected chi connectivity index (χ1v) is 4.44. The molecule has 1 N–H and O–H groups in total. The molecule has 0 saturated carbocycles. The zero-order chi connectivity index (χ0) is 9.84. The van der Waals surface area contributed by atoms with E-state index in [1.807, 2.05) is 14.1 Å². The molecule has 0 atom stereocenters. The summed E-state index contributed by atoms with van der Waals surface area (Å²) < 4.78 is 0.730. The Hall–Kier alpha value is -1.10. The quantitative estimate of drug-likeness (QED) is 0.637. The summed E-state index contributed by atoms with van der Waals surface area (Å²) in [4.78, 5) is 9.66. The lowest BCUT2D eigenvalue weighted by Crippen LogP contribution is -2.07. The smallest absolute Gasteiger partial charge is 0.196 e. The predicted octanol–water partition coefficient (Wildman–Crippen LogP) is 1.77. The van der Waals surface area contributed by atoms with Gasteiger partial charge in [0.2, 0.25) is 0 Å². The van der Waals surface area contributed by atoms with E-state index in [0.717, 1.165) is 4.47 Å². The number of hydrogen-bond acceptors (Lipinski definition) is 3. The molecule has 0 unspecified atom stereocenters. The Bertz CT molecular complexity index is 325. The summed E-state index contributed by atoms with van der Waals surface area (Å²) in [5, 5.41) is 9.38. The lowest BCUT2D eigenvalue weighted by atomic mass is 10.4. The molecule has 0 amide bonds.